The summed E-state index contributed by atoms with van der Waals surface area (Å²) >= 11 is 0. The van der Waals surface area contributed by atoms with Crippen LogP contribution in [0, 0.1) is 11.6 Å². The molecule has 3 aromatic heterocycles. The molecule has 2 aromatic carbocycles. The van der Waals surface area contributed by atoms with E-state index in [4.69, 9.17) is 30.4 Å². The maximum atomic E-state index is 16.0. The zero-order valence-corrected chi connectivity index (χ0v) is 38.8. The Morgan fingerprint density at radius 3 is 2.48 bits per heavy atom. The Morgan fingerprint density at radius 2 is 1.69 bits per heavy atom. The van der Waals surface area contributed by atoms with Gasteiger partial charge in [0.25, 0.3) is 12.3 Å². The van der Waals surface area contributed by atoms with E-state index in [0.717, 1.165) is 17.7 Å². The first-order valence-corrected chi connectivity index (χ1v) is 23.6. The number of likely N-dealkylation sites (tertiary alicyclic amines) is 1. The third kappa shape index (κ3) is 11.0. The molecule has 0 aliphatic carbocycles. The molecule has 0 radical (unpaired) electrons. The number of aliphatic hydroxyl groups excluding tert-OH is 1. The van der Waals surface area contributed by atoms with Crippen molar-refractivity contribution in [3.05, 3.63) is 83.6 Å². The van der Waals surface area contributed by atoms with Crippen molar-refractivity contribution >= 4 is 40.4 Å². The Balaban J connectivity index is 0.725. The summed E-state index contributed by atoms with van der Waals surface area (Å²) < 4.78 is 84.1. The number of nitrogens with two attached hydrogens (primary N) is 2. The molecule has 7 heterocycles. The number of amides is 3. The second kappa shape index (κ2) is 21.4. The number of imide groups is 1. The molecule has 1 unspecified atom stereocenters. The normalized spacial score (nSPS) is 20.5. The second-order valence-electron chi connectivity index (χ2n) is 18.3. The van der Waals surface area contributed by atoms with Gasteiger partial charge in [0, 0.05) is 62.9 Å². The van der Waals surface area contributed by atoms with Crippen LogP contribution in [-0.2, 0) is 32.2 Å². The summed E-state index contributed by atoms with van der Waals surface area (Å²) in [4.78, 5) is 59.4. The van der Waals surface area contributed by atoms with Crippen molar-refractivity contribution in [2.75, 3.05) is 76.4 Å². The first kappa shape index (κ1) is 49.5. The average Bonchev–Trinajstić information content (AvgIpc) is 3.92. The summed E-state index contributed by atoms with van der Waals surface area (Å²) in [6.07, 6.45) is 1.07. The molecule has 23 heteroatoms. The molecule has 3 fully saturated rings. The molecule has 19 nitrogen and oxygen atoms in total. The Bertz CT molecular complexity index is 2760. The minimum atomic E-state index is -3.04. The van der Waals surface area contributed by atoms with Crippen LogP contribution in [0.3, 0.4) is 0 Å². The number of anilines is 2. The van der Waals surface area contributed by atoms with E-state index in [2.05, 4.69) is 30.2 Å². The lowest BCUT2D eigenvalue weighted by Gasteiger charge is -2.44. The number of ether oxygens (including phenoxy) is 4. The Morgan fingerprint density at radius 1 is 0.901 bits per heavy atom. The number of aromatic nitrogens is 5. The lowest BCUT2D eigenvalue weighted by Crippen LogP contribution is -2.63. The number of nitrogens with zero attached hydrogens (tertiary/aromatic N) is 8. The molecule has 0 spiro atoms. The van der Waals surface area contributed by atoms with E-state index in [1.165, 1.54) is 23.8 Å². The number of aliphatic hydroxyl groups is 1. The third-order valence-electron chi connectivity index (χ3n) is 13.5. The van der Waals surface area contributed by atoms with Crippen molar-refractivity contribution in [3.63, 3.8) is 0 Å². The summed E-state index contributed by atoms with van der Waals surface area (Å²) in [5.41, 5.74) is 13.9. The van der Waals surface area contributed by atoms with Gasteiger partial charge in [0.2, 0.25) is 11.8 Å². The molecule has 3 saturated heterocycles. The fourth-order valence-electron chi connectivity index (χ4n) is 9.68. The summed E-state index contributed by atoms with van der Waals surface area (Å²) in [6, 6.07) is 8.15. The van der Waals surface area contributed by atoms with Crippen LogP contribution in [0.25, 0.3) is 22.4 Å². The standard InChI is InChI=1S/C48H55F4N11O8/c49-34-21-39(35(50)20-33(34)36-19-29(23-62-27-58-41-44(53)56-26-57-45(41)62)38(22-55-36)61-9-1-8-48(54,25-61)42(65)43(51)52)71-30-6-10-60(11-7-30)12-13-68-14-15-69-16-17-70-31-2-3-32-28(18-31)24-63(47(32)67)37-4-5-40(64)59-46(37)66/h2-3,18-22,26-27,30,37,42-43,65H,1,4-17,23-25,54H2,(H2,53,56,57)(H,59,64,66)/t37?,42-,48-/m1/s1. The predicted molar refractivity (Wildman–Crippen MR) is 249 cm³/mol. The van der Waals surface area contributed by atoms with Crippen molar-refractivity contribution in [1.82, 2.24) is 39.6 Å². The number of hydrogen-bond acceptors (Lipinski definition) is 16. The number of halogens is 4. The van der Waals surface area contributed by atoms with Gasteiger partial charge in [-0.3, -0.25) is 24.7 Å². The summed E-state index contributed by atoms with van der Waals surface area (Å²) in [5.74, 6) is -2.03. The largest absolute Gasteiger partial charge is 0.491 e. The molecule has 378 valence electrons. The van der Waals surface area contributed by atoms with Gasteiger partial charge in [-0.2, -0.15) is 0 Å². The maximum Gasteiger partial charge on any atom is 0.265 e. The molecule has 9 rings (SSSR count). The number of nitrogens with one attached hydrogen (secondary N) is 1. The van der Waals surface area contributed by atoms with Crippen LogP contribution in [0.15, 0.2) is 55.2 Å². The molecule has 71 heavy (non-hydrogen) atoms. The van der Waals surface area contributed by atoms with Crippen molar-refractivity contribution in [2.24, 2.45) is 5.73 Å². The molecule has 3 amide bonds. The lowest BCUT2D eigenvalue weighted by molar-refractivity contribution is -0.136. The Kier molecular flexibility index (Phi) is 14.9. The molecule has 4 aliphatic heterocycles. The van der Waals surface area contributed by atoms with Gasteiger partial charge in [-0.05, 0) is 73.6 Å². The molecule has 4 aliphatic rings. The maximum absolute atomic E-state index is 16.0. The average molecular weight is 990 g/mol. The van der Waals surface area contributed by atoms with Gasteiger partial charge >= 0.3 is 0 Å². The van der Waals surface area contributed by atoms with Crippen LogP contribution in [0.1, 0.15) is 60.0 Å². The monoisotopic (exact) mass is 989 g/mol. The van der Waals surface area contributed by atoms with E-state index in [0.29, 0.717) is 112 Å². The number of nitrogen functional groups attached to an aromatic ring is 1. The van der Waals surface area contributed by atoms with E-state index < -0.39 is 41.7 Å². The zero-order valence-electron chi connectivity index (χ0n) is 38.8. The highest BCUT2D eigenvalue weighted by Gasteiger charge is 2.44. The Hall–Kier alpha value is -6.53. The number of piperidine rings is 3. The number of alkyl halides is 2. The molecule has 6 N–H and O–H groups in total. The number of carbonyl (C=O) groups excluding carboxylic acids is 3. The van der Waals surface area contributed by atoms with Crippen LogP contribution in [-0.4, -0.2) is 153 Å². The van der Waals surface area contributed by atoms with Gasteiger partial charge in [-0.1, -0.05) is 0 Å². The molecular weight excluding hydrogens is 935 g/mol. The molecule has 0 bridgehead atoms. The highest BCUT2D eigenvalue weighted by atomic mass is 19.3. The first-order valence-electron chi connectivity index (χ1n) is 23.6. The summed E-state index contributed by atoms with van der Waals surface area (Å²) in [5, 5.41) is 12.7. The SMILES string of the molecule is Nc1ncnc2c1ncn2Cc1cc(-c2cc(F)c(OC3CCN(CCOCCOCCOc4ccc5c(c4)CN(C4CCC(=O)NC4=O)C5=O)CC3)cc2F)ncc1N1CCC[C@](N)([C@H](O)C(F)F)C1. The summed E-state index contributed by atoms with van der Waals surface area (Å²) in [7, 11) is 0. The number of imidazole rings is 1. The molecule has 5 aromatic rings. The smallest absolute Gasteiger partial charge is 0.265 e. The minimum absolute atomic E-state index is 0.104. The number of pyridine rings is 1. The van der Waals surface area contributed by atoms with Crippen LogP contribution >= 0.6 is 0 Å². The second-order valence-corrected chi connectivity index (χ2v) is 18.3. The van der Waals surface area contributed by atoms with Crippen molar-refractivity contribution in [2.45, 2.75) is 81.8 Å². The fourth-order valence-corrected chi connectivity index (χ4v) is 9.68. The number of fused-ring (bicyclic) bond motifs is 2. The van der Waals surface area contributed by atoms with Gasteiger partial charge in [0.05, 0.1) is 62.4 Å². The molecule has 3 atom stereocenters. The first-order chi connectivity index (χ1) is 34.2. The number of rotatable bonds is 19. The van der Waals surface area contributed by atoms with Gasteiger partial charge in [0.1, 0.15) is 48.3 Å². The van der Waals surface area contributed by atoms with Crippen LogP contribution in [0.2, 0.25) is 0 Å². The highest BCUT2D eigenvalue weighted by molar-refractivity contribution is 6.05. The number of benzene rings is 2. The van der Waals surface area contributed by atoms with Crippen molar-refractivity contribution in [1.29, 1.82) is 0 Å². The van der Waals surface area contributed by atoms with E-state index in [1.54, 1.807) is 33.7 Å². The molecule has 0 saturated carbocycles. The highest BCUT2D eigenvalue weighted by Crippen LogP contribution is 2.36. The van der Waals surface area contributed by atoms with E-state index in [9.17, 15) is 28.3 Å². The quantitative estimate of drug-likeness (QED) is 0.0527. The van der Waals surface area contributed by atoms with E-state index >= 15 is 8.78 Å². The van der Waals surface area contributed by atoms with Gasteiger partial charge in [-0.25, -0.2) is 32.5 Å². The van der Waals surface area contributed by atoms with Gasteiger partial charge in [-0.15, -0.1) is 0 Å². The van der Waals surface area contributed by atoms with E-state index in [1.807, 2.05) is 0 Å². The lowest BCUT2D eigenvalue weighted by atomic mass is 9.84. The zero-order chi connectivity index (χ0) is 49.8. The van der Waals surface area contributed by atoms with Crippen LogP contribution in [0.4, 0.5) is 29.1 Å². The Labute approximate surface area is 405 Å². The van der Waals surface area contributed by atoms with Gasteiger partial charge in [0.15, 0.2) is 23.0 Å². The predicted octanol–water partition coefficient (Wildman–Crippen LogP) is 3.44. The fraction of sp³-hybridized carbons (Fsp3) is 0.479. The van der Waals surface area contributed by atoms with Crippen LogP contribution < -0.4 is 31.2 Å². The van der Waals surface area contributed by atoms with E-state index in [-0.39, 0.29) is 79.8 Å². The third-order valence-corrected chi connectivity index (χ3v) is 13.5. The summed E-state index contributed by atoms with van der Waals surface area (Å²) in [6.45, 7) is 4.52. The van der Waals surface area contributed by atoms with Crippen molar-refractivity contribution in [3.8, 4) is 22.8 Å². The van der Waals surface area contributed by atoms with Crippen molar-refractivity contribution < 1.29 is 56.0 Å². The van der Waals surface area contributed by atoms with Crippen LogP contribution in [0.5, 0.6) is 11.5 Å². The molecular formula is C48H55F4N11O8. The minimum Gasteiger partial charge on any atom is -0.491 e. The topological polar surface area (TPSA) is 239 Å². The number of carbonyl (C=O) groups is 3. The number of hydrogen-bond donors (Lipinski definition) is 4. The van der Waals surface area contributed by atoms with Gasteiger partial charge < -0.3 is 54.8 Å².